The van der Waals surface area contributed by atoms with E-state index in [1.807, 2.05) is 0 Å². The predicted molar refractivity (Wildman–Crippen MR) is 81.8 cm³/mol. The van der Waals surface area contributed by atoms with Crippen molar-refractivity contribution >= 4 is 5.91 Å². The van der Waals surface area contributed by atoms with Crippen LogP contribution in [-0.2, 0) is 11.2 Å². The fourth-order valence-electron chi connectivity index (χ4n) is 1.99. The number of ether oxygens (including phenoxy) is 1. The van der Waals surface area contributed by atoms with Gasteiger partial charge in [0.05, 0.1) is 0 Å². The van der Waals surface area contributed by atoms with Crippen LogP contribution in [0.4, 0.5) is 4.39 Å². The van der Waals surface area contributed by atoms with E-state index in [2.05, 4.69) is 12.2 Å². The number of rotatable bonds is 9. The maximum atomic E-state index is 13.5. The third-order valence-electron chi connectivity index (χ3n) is 3.13. The van der Waals surface area contributed by atoms with Crippen LogP contribution in [0.1, 0.15) is 38.7 Å². The molecule has 0 saturated carbocycles. The first-order valence-corrected chi connectivity index (χ1v) is 7.50. The molecule has 0 heterocycles. The molecular formula is C16H25FN2O2. The number of carbonyl (C=O) groups excluding carboxylic acids is 1. The minimum Gasteiger partial charge on any atom is -0.481 e. The topological polar surface area (TPSA) is 64.3 Å². The van der Waals surface area contributed by atoms with E-state index in [9.17, 15) is 9.18 Å². The first-order valence-electron chi connectivity index (χ1n) is 7.50. The second kappa shape index (κ2) is 9.34. The zero-order valence-electron chi connectivity index (χ0n) is 12.8. The van der Waals surface area contributed by atoms with Crippen molar-refractivity contribution in [1.82, 2.24) is 5.32 Å². The largest absolute Gasteiger partial charge is 0.481 e. The molecule has 0 aliphatic carbocycles. The summed E-state index contributed by atoms with van der Waals surface area (Å²) in [5.41, 5.74) is 6.23. The molecule has 0 saturated heterocycles. The zero-order chi connectivity index (χ0) is 15.7. The van der Waals surface area contributed by atoms with Gasteiger partial charge in [-0.25, -0.2) is 4.39 Å². The van der Waals surface area contributed by atoms with E-state index in [-0.39, 0.29) is 11.7 Å². The van der Waals surface area contributed by atoms with Gasteiger partial charge < -0.3 is 15.8 Å². The lowest BCUT2D eigenvalue weighted by atomic mass is 10.1. The van der Waals surface area contributed by atoms with Crippen LogP contribution in [0.15, 0.2) is 18.2 Å². The second-order valence-corrected chi connectivity index (χ2v) is 5.09. The summed E-state index contributed by atoms with van der Waals surface area (Å²) in [6.07, 6.45) is 3.07. The Morgan fingerprint density at radius 3 is 2.81 bits per heavy atom. The monoisotopic (exact) mass is 296 g/mol. The standard InChI is InChI=1S/C16H25FN2O2/c1-3-4-5-8-19-16(20)12(2)21-15-10-13(6-7-18)9-14(17)11-15/h9-12H,3-8,18H2,1-2H3,(H,19,20). The zero-order valence-corrected chi connectivity index (χ0v) is 12.8. The fourth-order valence-corrected chi connectivity index (χ4v) is 1.99. The molecule has 1 unspecified atom stereocenters. The van der Waals surface area contributed by atoms with E-state index < -0.39 is 6.10 Å². The van der Waals surface area contributed by atoms with Gasteiger partial charge in [-0.2, -0.15) is 0 Å². The number of unbranched alkanes of at least 4 members (excludes halogenated alkanes) is 2. The van der Waals surface area contributed by atoms with Gasteiger partial charge in [-0.15, -0.1) is 0 Å². The number of hydrogen-bond acceptors (Lipinski definition) is 3. The van der Waals surface area contributed by atoms with Crippen LogP contribution in [0.2, 0.25) is 0 Å². The summed E-state index contributed by atoms with van der Waals surface area (Å²) < 4.78 is 19.0. The Morgan fingerprint density at radius 1 is 1.38 bits per heavy atom. The highest BCUT2D eigenvalue weighted by Crippen LogP contribution is 2.18. The van der Waals surface area contributed by atoms with Crippen LogP contribution in [0.3, 0.4) is 0 Å². The molecule has 0 aliphatic heterocycles. The second-order valence-electron chi connectivity index (χ2n) is 5.09. The minimum absolute atomic E-state index is 0.185. The molecule has 1 aromatic rings. The normalized spacial score (nSPS) is 12.0. The van der Waals surface area contributed by atoms with Crippen LogP contribution >= 0.6 is 0 Å². The number of nitrogens with one attached hydrogen (secondary N) is 1. The van der Waals surface area contributed by atoms with Crippen molar-refractivity contribution in [2.75, 3.05) is 13.1 Å². The number of amides is 1. The molecular weight excluding hydrogens is 271 g/mol. The Hall–Kier alpha value is -1.62. The maximum Gasteiger partial charge on any atom is 0.260 e. The Bertz CT molecular complexity index is 452. The highest BCUT2D eigenvalue weighted by molar-refractivity contribution is 5.80. The molecule has 1 atom stereocenters. The highest BCUT2D eigenvalue weighted by atomic mass is 19.1. The molecule has 1 amide bonds. The smallest absolute Gasteiger partial charge is 0.260 e. The molecule has 3 N–H and O–H groups in total. The van der Waals surface area contributed by atoms with Crippen LogP contribution in [0.5, 0.6) is 5.75 Å². The SMILES string of the molecule is CCCCCNC(=O)C(C)Oc1cc(F)cc(CCN)c1. The van der Waals surface area contributed by atoms with E-state index in [0.717, 1.165) is 24.8 Å². The molecule has 21 heavy (non-hydrogen) atoms. The van der Waals surface area contributed by atoms with Crippen LogP contribution in [0, 0.1) is 5.82 Å². The third-order valence-corrected chi connectivity index (χ3v) is 3.13. The summed E-state index contributed by atoms with van der Waals surface area (Å²) in [6, 6.07) is 4.42. The third kappa shape index (κ3) is 6.58. The Kier molecular flexibility index (Phi) is 7.75. The fraction of sp³-hybridized carbons (Fsp3) is 0.562. The molecule has 118 valence electrons. The Balaban J connectivity index is 2.53. The Morgan fingerprint density at radius 2 is 2.14 bits per heavy atom. The van der Waals surface area contributed by atoms with Gasteiger partial charge >= 0.3 is 0 Å². The first kappa shape index (κ1) is 17.4. The van der Waals surface area contributed by atoms with E-state index in [0.29, 0.717) is 25.3 Å². The lowest BCUT2D eigenvalue weighted by Gasteiger charge is -2.15. The van der Waals surface area contributed by atoms with Crippen molar-refractivity contribution in [3.8, 4) is 5.75 Å². The number of hydrogen-bond donors (Lipinski definition) is 2. The Labute approximate surface area is 125 Å². The molecule has 0 radical (unpaired) electrons. The van der Waals surface area contributed by atoms with Gasteiger partial charge in [0.1, 0.15) is 11.6 Å². The molecule has 0 bridgehead atoms. The number of benzene rings is 1. The molecule has 5 heteroatoms. The van der Waals surface area contributed by atoms with Gasteiger partial charge in [0.2, 0.25) is 0 Å². The summed E-state index contributed by atoms with van der Waals surface area (Å²) in [6.45, 7) is 4.84. The van der Waals surface area contributed by atoms with Crippen molar-refractivity contribution in [2.24, 2.45) is 5.73 Å². The number of carbonyl (C=O) groups is 1. The van der Waals surface area contributed by atoms with Crippen molar-refractivity contribution in [3.05, 3.63) is 29.6 Å². The molecule has 4 nitrogen and oxygen atoms in total. The van der Waals surface area contributed by atoms with Crippen molar-refractivity contribution < 1.29 is 13.9 Å². The van der Waals surface area contributed by atoms with Crippen LogP contribution < -0.4 is 15.8 Å². The molecule has 1 aromatic carbocycles. The minimum atomic E-state index is -0.654. The molecule has 1 rings (SSSR count). The van der Waals surface area contributed by atoms with Crippen molar-refractivity contribution in [1.29, 1.82) is 0 Å². The van der Waals surface area contributed by atoms with Crippen molar-refractivity contribution in [2.45, 2.75) is 45.6 Å². The summed E-state index contributed by atoms with van der Waals surface area (Å²) in [5.74, 6) is -0.211. The van der Waals surface area contributed by atoms with Gasteiger partial charge in [-0.1, -0.05) is 19.8 Å². The summed E-state index contributed by atoms with van der Waals surface area (Å²) in [7, 11) is 0. The molecule has 0 spiro atoms. The van der Waals surface area contributed by atoms with Gasteiger partial charge in [-0.3, -0.25) is 4.79 Å². The first-order chi connectivity index (χ1) is 10.1. The lowest BCUT2D eigenvalue weighted by Crippen LogP contribution is -2.36. The summed E-state index contributed by atoms with van der Waals surface area (Å²) in [5, 5.41) is 2.81. The average molecular weight is 296 g/mol. The highest BCUT2D eigenvalue weighted by Gasteiger charge is 2.14. The molecule has 0 aliphatic rings. The van der Waals surface area contributed by atoms with E-state index in [4.69, 9.17) is 10.5 Å². The lowest BCUT2D eigenvalue weighted by molar-refractivity contribution is -0.127. The predicted octanol–water partition coefficient (Wildman–Crippen LogP) is 2.40. The number of halogens is 1. The van der Waals surface area contributed by atoms with E-state index in [1.54, 1.807) is 13.0 Å². The van der Waals surface area contributed by atoms with Crippen molar-refractivity contribution in [3.63, 3.8) is 0 Å². The summed E-state index contributed by atoms with van der Waals surface area (Å²) in [4.78, 5) is 11.9. The maximum absolute atomic E-state index is 13.5. The van der Waals surface area contributed by atoms with Gasteiger partial charge in [0.25, 0.3) is 5.91 Å². The quantitative estimate of drug-likeness (QED) is 0.688. The van der Waals surface area contributed by atoms with Gasteiger partial charge in [0, 0.05) is 12.6 Å². The average Bonchev–Trinajstić information content (AvgIpc) is 2.43. The molecule has 0 fully saturated rings. The van der Waals surface area contributed by atoms with Crippen LogP contribution in [-0.4, -0.2) is 25.1 Å². The van der Waals surface area contributed by atoms with Gasteiger partial charge in [0.15, 0.2) is 6.10 Å². The van der Waals surface area contributed by atoms with Crippen LogP contribution in [0.25, 0.3) is 0 Å². The van der Waals surface area contributed by atoms with Gasteiger partial charge in [-0.05, 0) is 44.0 Å². The van der Waals surface area contributed by atoms with E-state index >= 15 is 0 Å². The molecule has 0 aromatic heterocycles. The van der Waals surface area contributed by atoms with E-state index in [1.165, 1.54) is 12.1 Å². The number of nitrogens with two attached hydrogens (primary N) is 1. The summed E-state index contributed by atoms with van der Waals surface area (Å²) >= 11 is 0.